The molecule has 5 nitrogen and oxygen atoms in total. The van der Waals surface area contributed by atoms with Crippen molar-refractivity contribution >= 4 is 11.9 Å². The van der Waals surface area contributed by atoms with E-state index in [1.807, 2.05) is 0 Å². The molecule has 0 N–H and O–H groups in total. The number of aryl methyl sites for hydroxylation is 2. The molecule has 0 aliphatic heterocycles. The molecular formula is C11H14O5. The zero-order valence-corrected chi connectivity index (χ0v) is 9.75. The van der Waals surface area contributed by atoms with Crippen LogP contribution in [0.15, 0.2) is 4.42 Å². The van der Waals surface area contributed by atoms with Gasteiger partial charge < -0.3 is 13.9 Å². The third-order valence-electron chi connectivity index (χ3n) is 1.90. The van der Waals surface area contributed by atoms with Crippen molar-refractivity contribution in [1.82, 2.24) is 0 Å². The number of hydrogen-bond donors (Lipinski definition) is 0. The van der Waals surface area contributed by atoms with E-state index in [1.54, 1.807) is 20.8 Å². The second-order valence-corrected chi connectivity index (χ2v) is 3.29. The van der Waals surface area contributed by atoms with E-state index < -0.39 is 11.9 Å². The molecule has 1 aromatic heterocycles. The smallest absolute Gasteiger partial charge is 0.311 e. The predicted octanol–water partition coefficient (Wildman–Crippen LogP) is 2.14. The Labute approximate surface area is 93.3 Å². The van der Waals surface area contributed by atoms with Gasteiger partial charge in [-0.1, -0.05) is 6.92 Å². The normalized spacial score (nSPS) is 10.0. The van der Waals surface area contributed by atoms with Gasteiger partial charge in [-0.15, -0.1) is 0 Å². The van der Waals surface area contributed by atoms with Gasteiger partial charge in [-0.2, -0.15) is 0 Å². The number of furan rings is 1. The molecule has 0 spiro atoms. The van der Waals surface area contributed by atoms with Crippen molar-refractivity contribution in [1.29, 1.82) is 0 Å². The number of hydrogen-bond acceptors (Lipinski definition) is 5. The second-order valence-electron chi connectivity index (χ2n) is 3.29. The predicted molar refractivity (Wildman–Crippen MR) is 55.4 cm³/mol. The monoisotopic (exact) mass is 226 g/mol. The van der Waals surface area contributed by atoms with Crippen LogP contribution in [0.4, 0.5) is 0 Å². The molecule has 0 bridgehead atoms. The minimum absolute atomic E-state index is 0.173. The van der Waals surface area contributed by atoms with Crippen LogP contribution in [0, 0.1) is 13.8 Å². The number of carbonyl (C=O) groups excluding carboxylic acids is 2. The molecule has 5 heteroatoms. The minimum atomic E-state index is -0.488. The quantitative estimate of drug-likeness (QED) is 0.738. The summed E-state index contributed by atoms with van der Waals surface area (Å²) in [7, 11) is 0. The van der Waals surface area contributed by atoms with Crippen LogP contribution in [0.1, 0.15) is 31.8 Å². The molecule has 88 valence electrons. The summed E-state index contributed by atoms with van der Waals surface area (Å²) < 4.78 is 15.2. The van der Waals surface area contributed by atoms with Gasteiger partial charge >= 0.3 is 11.9 Å². The Kier molecular flexibility index (Phi) is 3.71. The first kappa shape index (κ1) is 12.3. The van der Waals surface area contributed by atoms with Crippen LogP contribution < -0.4 is 9.47 Å². The van der Waals surface area contributed by atoms with Gasteiger partial charge in [-0.3, -0.25) is 9.59 Å². The molecule has 0 fully saturated rings. The Balaban J connectivity index is 3.05. The van der Waals surface area contributed by atoms with E-state index in [0.717, 1.165) is 0 Å². The van der Waals surface area contributed by atoms with Crippen molar-refractivity contribution in [2.45, 2.75) is 34.1 Å². The average molecular weight is 226 g/mol. The Morgan fingerprint density at radius 1 is 1.12 bits per heavy atom. The van der Waals surface area contributed by atoms with Gasteiger partial charge in [0.25, 0.3) is 0 Å². The molecule has 1 heterocycles. The molecule has 1 rings (SSSR count). The Morgan fingerprint density at radius 3 is 2.06 bits per heavy atom. The van der Waals surface area contributed by atoms with Crippen LogP contribution in [0.25, 0.3) is 0 Å². The van der Waals surface area contributed by atoms with E-state index in [0.29, 0.717) is 11.5 Å². The van der Waals surface area contributed by atoms with Gasteiger partial charge in [-0.05, 0) is 13.8 Å². The standard InChI is InChI=1S/C11H14O5/c1-5-9(13)16-11-7(3)14-6(2)10(11)15-8(4)12/h5H2,1-4H3. The fourth-order valence-electron chi connectivity index (χ4n) is 1.21. The van der Waals surface area contributed by atoms with Gasteiger partial charge in [0.2, 0.25) is 11.5 Å². The third-order valence-corrected chi connectivity index (χ3v) is 1.90. The van der Waals surface area contributed by atoms with Gasteiger partial charge in [0.05, 0.1) is 0 Å². The lowest BCUT2D eigenvalue weighted by Crippen LogP contribution is -2.08. The Hall–Kier alpha value is -1.78. The van der Waals surface area contributed by atoms with Crippen LogP contribution in [-0.2, 0) is 9.59 Å². The summed E-state index contributed by atoms with van der Waals surface area (Å²) in [6, 6.07) is 0. The summed E-state index contributed by atoms with van der Waals surface area (Å²) in [6.45, 7) is 6.22. The summed E-state index contributed by atoms with van der Waals surface area (Å²) in [5.74, 6) is 0.281. The van der Waals surface area contributed by atoms with Crippen molar-refractivity contribution < 1.29 is 23.5 Å². The molecule has 0 amide bonds. The molecule has 0 aliphatic carbocycles. The third kappa shape index (κ3) is 2.62. The Morgan fingerprint density at radius 2 is 1.62 bits per heavy atom. The van der Waals surface area contributed by atoms with Gasteiger partial charge in [0.15, 0.2) is 0 Å². The molecule has 0 atom stereocenters. The van der Waals surface area contributed by atoms with Crippen molar-refractivity contribution in [2.24, 2.45) is 0 Å². The molecular weight excluding hydrogens is 212 g/mol. The van der Waals surface area contributed by atoms with E-state index in [2.05, 4.69) is 0 Å². The molecule has 0 saturated carbocycles. The highest BCUT2D eigenvalue weighted by molar-refractivity contribution is 5.75. The summed E-state index contributed by atoms with van der Waals surface area (Å²) >= 11 is 0. The lowest BCUT2D eigenvalue weighted by atomic mass is 10.3. The highest BCUT2D eigenvalue weighted by Gasteiger charge is 2.21. The zero-order valence-electron chi connectivity index (χ0n) is 9.75. The van der Waals surface area contributed by atoms with E-state index >= 15 is 0 Å². The molecule has 0 unspecified atom stereocenters. The fourth-order valence-corrected chi connectivity index (χ4v) is 1.21. The minimum Gasteiger partial charge on any atom is -0.459 e. The first-order chi connectivity index (χ1) is 7.45. The van der Waals surface area contributed by atoms with Gasteiger partial charge in [0.1, 0.15) is 11.5 Å². The van der Waals surface area contributed by atoms with E-state index in [4.69, 9.17) is 13.9 Å². The van der Waals surface area contributed by atoms with Gasteiger partial charge in [0, 0.05) is 13.3 Å². The second kappa shape index (κ2) is 4.83. The van der Waals surface area contributed by atoms with Crippen LogP contribution in [-0.4, -0.2) is 11.9 Å². The van der Waals surface area contributed by atoms with Crippen molar-refractivity contribution in [2.75, 3.05) is 0 Å². The van der Waals surface area contributed by atoms with Gasteiger partial charge in [-0.25, -0.2) is 0 Å². The van der Waals surface area contributed by atoms with E-state index in [1.165, 1.54) is 6.92 Å². The first-order valence-corrected chi connectivity index (χ1v) is 4.94. The number of ether oxygens (including phenoxy) is 2. The lowest BCUT2D eigenvalue weighted by molar-refractivity contribution is -0.135. The molecule has 16 heavy (non-hydrogen) atoms. The number of rotatable bonds is 3. The SMILES string of the molecule is CCC(=O)Oc1c(C)oc(C)c1OC(C)=O. The highest BCUT2D eigenvalue weighted by Crippen LogP contribution is 2.37. The lowest BCUT2D eigenvalue weighted by Gasteiger charge is -2.04. The summed E-state index contributed by atoms with van der Waals surface area (Å²) in [5, 5.41) is 0. The van der Waals surface area contributed by atoms with Crippen LogP contribution in [0.3, 0.4) is 0 Å². The topological polar surface area (TPSA) is 65.7 Å². The Bertz CT molecular complexity index is 416. The van der Waals surface area contributed by atoms with Crippen molar-refractivity contribution in [3.05, 3.63) is 11.5 Å². The maximum absolute atomic E-state index is 11.2. The molecule has 0 saturated heterocycles. The molecule has 0 aliphatic rings. The van der Waals surface area contributed by atoms with Crippen LogP contribution >= 0.6 is 0 Å². The maximum Gasteiger partial charge on any atom is 0.311 e. The maximum atomic E-state index is 11.2. The van der Waals surface area contributed by atoms with Crippen molar-refractivity contribution in [3.8, 4) is 11.5 Å². The van der Waals surface area contributed by atoms with Crippen molar-refractivity contribution in [3.63, 3.8) is 0 Å². The van der Waals surface area contributed by atoms with E-state index in [9.17, 15) is 9.59 Å². The molecule has 0 radical (unpaired) electrons. The highest BCUT2D eigenvalue weighted by atomic mass is 16.6. The molecule has 0 aromatic carbocycles. The van der Waals surface area contributed by atoms with Crippen LogP contribution in [0.2, 0.25) is 0 Å². The zero-order chi connectivity index (χ0) is 12.3. The number of carbonyl (C=O) groups is 2. The van der Waals surface area contributed by atoms with Crippen LogP contribution in [0.5, 0.6) is 11.5 Å². The fraction of sp³-hybridized carbons (Fsp3) is 0.455. The molecule has 1 aromatic rings. The first-order valence-electron chi connectivity index (χ1n) is 4.94. The summed E-state index contributed by atoms with van der Waals surface area (Å²) in [6.07, 6.45) is 0.239. The average Bonchev–Trinajstić information content (AvgIpc) is 2.44. The summed E-state index contributed by atoms with van der Waals surface area (Å²) in [4.78, 5) is 22.1. The number of esters is 2. The van der Waals surface area contributed by atoms with E-state index in [-0.39, 0.29) is 17.9 Å². The summed E-state index contributed by atoms with van der Waals surface area (Å²) in [5.41, 5.74) is 0. The largest absolute Gasteiger partial charge is 0.459 e.